The molecule has 0 saturated heterocycles. The summed E-state index contributed by atoms with van der Waals surface area (Å²) in [5.74, 6) is 0.905. The Morgan fingerprint density at radius 3 is 2.36 bits per heavy atom. The molecule has 134 valence electrons. The van der Waals surface area contributed by atoms with Gasteiger partial charge in [0.05, 0.1) is 20.3 Å². The third kappa shape index (κ3) is 4.96. The molecule has 0 aliphatic heterocycles. The van der Waals surface area contributed by atoms with E-state index >= 15 is 0 Å². The Labute approximate surface area is 146 Å². The molecule has 0 fully saturated rings. The molecule has 0 amide bonds. The van der Waals surface area contributed by atoms with Gasteiger partial charge in [0.25, 0.3) is 0 Å². The third-order valence-electron chi connectivity index (χ3n) is 3.65. The summed E-state index contributed by atoms with van der Waals surface area (Å²) < 4.78 is 11.0. The Hall–Kier alpha value is -2.54. The van der Waals surface area contributed by atoms with Gasteiger partial charge < -0.3 is 29.9 Å². The van der Waals surface area contributed by atoms with Crippen molar-refractivity contribution >= 4 is 6.08 Å². The minimum Gasteiger partial charge on any atom is -0.508 e. The van der Waals surface area contributed by atoms with E-state index in [1.807, 2.05) is 0 Å². The van der Waals surface area contributed by atoms with Gasteiger partial charge in [0.2, 0.25) is 0 Å². The van der Waals surface area contributed by atoms with Crippen LogP contribution in [0.25, 0.3) is 6.08 Å². The SMILES string of the molecule is COc1cc(C=CCO)ccc1O[C@H](CO)[C@H](O)c1ccc(O)cc1. The fourth-order valence-electron chi connectivity index (χ4n) is 2.32. The van der Waals surface area contributed by atoms with Gasteiger partial charge >= 0.3 is 0 Å². The number of ether oxygens (including phenoxy) is 2. The van der Waals surface area contributed by atoms with E-state index in [2.05, 4.69) is 0 Å². The molecular formula is C19H22O6. The van der Waals surface area contributed by atoms with Crippen LogP contribution < -0.4 is 9.47 Å². The van der Waals surface area contributed by atoms with Crippen LogP contribution in [0.1, 0.15) is 17.2 Å². The van der Waals surface area contributed by atoms with E-state index < -0.39 is 18.8 Å². The van der Waals surface area contributed by atoms with Crippen LogP contribution in [-0.4, -0.2) is 46.9 Å². The Morgan fingerprint density at radius 2 is 1.76 bits per heavy atom. The van der Waals surface area contributed by atoms with Crippen molar-refractivity contribution in [2.75, 3.05) is 20.3 Å². The summed E-state index contributed by atoms with van der Waals surface area (Å²) >= 11 is 0. The number of phenols is 1. The second-order valence-corrected chi connectivity index (χ2v) is 5.37. The molecule has 0 aromatic heterocycles. The van der Waals surface area contributed by atoms with E-state index in [-0.39, 0.29) is 12.4 Å². The number of aliphatic hydroxyl groups is 3. The Kier molecular flexibility index (Phi) is 6.82. The zero-order chi connectivity index (χ0) is 18.2. The number of aliphatic hydroxyl groups excluding tert-OH is 3. The minimum absolute atomic E-state index is 0.0635. The number of phenolic OH excluding ortho intramolecular Hbond substituents is 1. The van der Waals surface area contributed by atoms with Gasteiger partial charge in [0, 0.05) is 0 Å². The monoisotopic (exact) mass is 346 g/mol. The summed E-state index contributed by atoms with van der Waals surface area (Å²) in [6.45, 7) is -0.469. The lowest BCUT2D eigenvalue weighted by Gasteiger charge is -2.24. The zero-order valence-electron chi connectivity index (χ0n) is 13.9. The summed E-state index contributed by atoms with van der Waals surface area (Å²) in [4.78, 5) is 0. The lowest BCUT2D eigenvalue weighted by molar-refractivity contribution is -0.000423. The van der Waals surface area contributed by atoms with Gasteiger partial charge in [-0.05, 0) is 35.4 Å². The van der Waals surface area contributed by atoms with Crippen molar-refractivity contribution in [3.8, 4) is 17.2 Å². The predicted octanol–water partition coefficient (Wildman–Crippen LogP) is 1.88. The number of aromatic hydroxyl groups is 1. The first-order valence-corrected chi connectivity index (χ1v) is 7.79. The normalized spacial score (nSPS) is 13.6. The maximum atomic E-state index is 10.4. The number of hydrogen-bond acceptors (Lipinski definition) is 6. The van der Waals surface area contributed by atoms with Gasteiger partial charge in [-0.2, -0.15) is 0 Å². The second kappa shape index (κ2) is 9.08. The summed E-state index contributed by atoms with van der Waals surface area (Å²) in [6, 6.07) is 11.2. The van der Waals surface area contributed by atoms with Gasteiger partial charge in [-0.15, -0.1) is 0 Å². The standard InChI is InChI=1S/C19H22O6/c1-24-17-11-13(3-2-10-20)4-9-16(17)25-18(12-21)19(23)14-5-7-15(22)8-6-14/h2-9,11,18-23H,10,12H2,1H3/t18-,19-/m1/s1. The molecule has 6 nitrogen and oxygen atoms in total. The van der Waals surface area contributed by atoms with Gasteiger partial charge in [0.1, 0.15) is 11.9 Å². The van der Waals surface area contributed by atoms with Crippen molar-refractivity contribution in [2.45, 2.75) is 12.2 Å². The minimum atomic E-state index is -1.08. The van der Waals surface area contributed by atoms with Crippen molar-refractivity contribution in [3.05, 3.63) is 59.7 Å². The maximum Gasteiger partial charge on any atom is 0.161 e. The highest BCUT2D eigenvalue weighted by molar-refractivity contribution is 5.56. The van der Waals surface area contributed by atoms with Crippen LogP contribution in [0.15, 0.2) is 48.5 Å². The third-order valence-corrected chi connectivity index (χ3v) is 3.65. The fraction of sp³-hybridized carbons (Fsp3) is 0.263. The molecule has 2 aromatic carbocycles. The maximum absolute atomic E-state index is 10.4. The van der Waals surface area contributed by atoms with E-state index in [0.717, 1.165) is 5.56 Å². The van der Waals surface area contributed by atoms with Crippen molar-refractivity contribution < 1.29 is 29.9 Å². The first kappa shape index (κ1) is 18.8. The molecule has 0 aliphatic rings. The van der Waals surface area contributed by atoms with Crippen LogP contribution in [0.5, 0.6) is 17.2 Å². The summed E-state index contributed by atoms with van der Waals surface area (Å²) in [6.07, 6.45) is 1.35. The van der Waals surface area contributed by atoms with Gasteiger partial charge in [-0.1, -0.05) is 30.4 Å². The molecule has 0 bridgehead atoms. The molecule has 4 N–H and O–H groups in total. The molecule has 0 radical (unpaired) electrons. The largest absolute Gasteiger partial charge is 0.508 e. The van der Waals surface area contributed by atoms with Crippen LogP contribution in [-0.2, 0) is 0 Å². The molecular weight excluding hydrogens is 324 g/mol. The smallest absolute Gasteiger partial charge is 0.161 e. The highest BCUT2D eigenvalue weighted by Crippen LogP contribution is 2.32. The summed E-state index contributed by atoms with van der Waals surface area (Å²) in [5, 5.41) is 38.2. The van der Waals surface area contributed by atoms with Crippen molar-refractivity contribution in [3.63, 3.8) is 0 Å². The predicted molar refractivity (Wildman–Crippen MR) is 93.7 cm³/mol. The van der Waals surface area contributed by atoms with Gasteiger partial charge in [-0.3, -0.25) is 0 Å². The van der Waals surface area contributed by atoms with Crippen LogP contribution in [0.3, 0.4) is 0 Å². The Balaban J connectivity index is 2.20. The number of rotatable bonds is 8. The van der Waals surface area contributed by atoms with Gasteiger partial charge in [0.15, 0.2) is 17.6 Å². The first-order chi connectivity index (χ1) is 12.1. The Morgan fingerprint density at radius 1 is 1.04 bits per heavy atom. The topological polar surface area (TPSA) is 99.4 Å². The number of benzene rings is 2. The number of hydrogen-bond donors (Lipinski definition) is 4. The van der Waals surface area contributed by atoms with Crippen LogP contribution in [0.2, 0.25) is 0 Å². The molecule has 2 rings (SSSR count). The molecule has 0 heterocycles. The summed E-state index contributed by atoms with van der Waals surface area (Å²) in [5.41, 5.74) is 1.33. The van der Waals surface area contributed by atoms with E-state index in [4.69, 9.17) is 14.6 Å². The second-order valence-electron chi connectivity index (χ2n) is 5.37. The van der Waals surface area contributed by atoms with Crippen molar-refractivity contribution in [1.29, 1.82) is 0 Å². The zero-order valence-corrected chi connectivity index (χ0v) is 13.9. The lowest BCUT2D eigenvalue weighted by atomic mass is 10.0. The van der Waals surface area contributed by atoms with E-state index in [0.29, 0.717) is 17.1 Å². The van der Waals surface area contributed by atoms with E-state index in [1.54, 1.807) is 42.5 Å². The van der Waals surface area contributed by atoms with Crippen molar-refractivity contribution in [1.82, 2.24) is 0 Å². The van der Waals surface area contributed by atoms with E-state index in [9.17, 15) is 15.3 Å². The molecule has 0 saturated carbocycles. The summed E-state index contributed by atoms with van der Waals surface area (Å²) in [7, 11) is 1.49. The van der Waals surface area contributed by atoms with Crippen LogP contribution in [0, 0.1) is 0 Å². The number of methoxy groups -OCH3 is 1. The molecule has 25 heavy (non-hydrogen) atoms. The average Bonchev–Trinajstić information content (AvgIpc) is 2.64. The molecule has 2 aromatic rings. The van der Waals surface area contributed by atoms with Gasteiger partial charge in [-0.25, -0.2) is 0 Å². The molecule has 0 unspecified atom stereocenters. The highest BCUT2D eigenvalue weighted by atomic mass is 16.5. The Bertz CT molecular complexity index is 696. The first-order valence-electron chi connectivity index (χ1n) is 7.79. The molecule has 6 heteroatoms. The van der Waals surface area contributed by atoms with E-state index in [1.165, 1.54) is 19.2 Å². The molecule has 2 atom stereocenters. The van der Waals surface area contributed by atoms with Crippen molar-refractivity contribution in [2.24, 2.45) is 0 Å². The highest BCUT2D eigenvalue weighted by Gasteiger charge is 2.23. The van der Waals surface area contributed by atoms with Crippen LogP contribution in [0.4, 0.5) is 0 Å². The quantitative estimate of drug-likeness (QED) is 0.582. The lowest BCUT2D eigenvalue weighted by Crippen LogP contribution is -2.29. The molecule has 0 spiro atoms. The molecule has 0 aliphatic carbocycles. The van der Waals surface area contributed by atoms with Crippen LogP contribution >= 0.6 is 0 Å². The fourth-order valence-corrected chi connectivity index (χ4v) is 2.32. The average molecular weight is 346 g/mol.